The summed E-state index contributed by atoms with van der Waals surface area (Å²) in [6, 6.07) is 6.69. The summed E-state index contributed by atoms with van der Waals surface area (Å²) in [7, 11) is 0. The zero-order valence-electron chi connectivity index (χ0n) is 9.07. The Labute approximate surface area is 97.3 Å². The van der Waals surface area contributed by atoms with E-state index in [1.165, 1.54) is 0 Å². The lowest BCUT2D eigenvalue weighted by atomic mass is 10.3. The van der Waals surface area contributed by atoms with E-state index in [1.54, 1.807) is 24.3 Å². The van der Waals surface area contributed by atoms with Crippen LogP contribution in [-0.2, 0) is 9.53 Å². The number of carbonyl (C=O) groups excluding carboxylic acids is 1. The van der Waals surface area contributed by atoms with E-state index in [0.717, 1.165) is 0 Å². The number of benzene rings is 1. The van der Waals surface area contributed by atoms with Crippen molar-refractivity contribution < 1.29 is 23.0 Å². The number of ether oxygens (including phenoxy) is 2. The van der Waals surface area contributed by atoms with Crippen LogP contribution < -0.4 is 10.5 Å². The predicted octanol–water partition coefficient (Wildman–Crippen LogP) is 1.85. The second-order valence-corrected chi connectivity index (χ2v) is 3.25. The number of nitrogens with two attached hydrogens (primary N) is 1. The van der Waals surface area contributed by atoms with Gasteiger partial charge in [-0.2, -0.15) is 0 Å². The Hall–Kier alpha value is -1.85. The monoisotopic (exact) mass is 245 g/mol. The minimum atomic E-state index is -2.64. The fourth-order valence-electron chi connectivity index (χ4n) is 1.08. The van der Waals surface area contributed by atoms with Crippen LogP contribution >= 0.6 is 0 Å². The van der Waals surface area contributed by atoms with E-state index < -0.39 is 19.0 Å². The van der Waals surface area contributed by atoms with Crippen LogP contribution in [0.4, 0.5) is 14.5 Å². The zero-order chi connectivity index (χ0) is 12.7. The summed E-state index contributed by atoms with van der Waals surface area (Å²) in [6.07, 6.45) is -2.73. The molecule has 0 spiro atoms. The Morgan fingerprint density at radius 3 is 2.82 bits per heavy atom. The van der Waals surface area contributed by atoms with Crippen molar-refractivity contribution in [1.82, 2.24) is 0 Å². The van der Waals surface area contributed by atoms with E-state index in [0.29, 0.717) is 11.4 Å². The molecule has 0 aliphatic carbocycles. The molecule has 4 nitrogen and oxygen atoms in total. The lowest BCUT2D eigenvalue weighted by Crippen LogP contribution is -2.14. The smallest absolute Gasteiger partial charge is 0.309 e. The third-order valence-electron chi connectivity index (χ3n) is 1.80. The van der Waals surface area contributed by atoms with Gasteiger partial charge in [0, 0.05) is 11.8 Å². The van der Waals surface area contributed by atoms with Crippen LogP contribution in [0.3, 0.4) is 0 Å². The molecule has 17 heavy (non-hydrogen) atoms. The first-order chi connectivity index (χ1) is 8.08. The van der Waals surface area contributed by atoms with Gasteiger partial charge in [0.2, 0.25) is 0 Å². The third kappa shape index (κ3) is 5.70. The molecule has 0 saturated carbocycles. The number of rotatable bonds is 6. The zero-order valence-corrected chi connectivity index (χ0v) is 9.07. The van der Waals surface area contributed by atoms with Gasteiger partial charge in [-0.05, 0) is 12.1 Å². The van der Waals surface area contributed by atoms with Crippen molar-refractivity contribution in [2.24, 2.45) is 0 Å². The number of alkyl halides is 2. The minimum Gasteiger partial charge on any atom is -0.493 e. The number of anilines is 1. The summed E-state index contributed by atoms with van der Waals surface area (Å²) in [4.78, 5) is 10.9. The molecule has 0 unspecified atom stereocenters. The fraction of sp³-hybridized carbons (Fsp3) is 0.364. The summed E-state index contributed by atoms with van der Waals surface area (Å²) >= 11 is 0. The molecule has 0 aliphatic heterocycles. The molecular formula is C11H13F2NO3. The van der Waals surface area contributed by atoms with Gasteiger partial charge in [-0.3, -0.25) is 4.79 Å². The SMILES string of the molecule is Nc1cccc(OCCC(=O)OCC(F)F)c1. The summed E-state index contributed by atoms with van der Waals surface area (Å²) in [5.41, 5.74) is 6.06. The van der Waals surface area contributed by atoms with Crippen LogP contribution in [0, 0.1) is 0 Å². The van der Waals surface area contributed by atoms with Crippen LogP contribution in [0.1, 0.15) is 6.42 Å². The number of nitrogen functional groups attached to an aromatic ring is 1. The highest BCUT2D eigenvalue weighted by molar-refractivity contribution is 5.69. The van der Waals surface area contributed by atoms with Crippen molar-refractivity contribution >= 4 is 11.7 Å². The highest BCUT2D eigenvalue weighted by Gasteiger charge is 2.08. The van der Waals surface area contributed by atoms with Crippen LogP contribution in [-0.4, -0.2) is 25.6 Å². The number of hydrogen-bond donors (Lipinski definition) is 1. The average molecular weight is 245 g/mol. The number of esters is 1. The van der Waals surface area contributed by atoms with Gasteiger partial charge in [-0.25, -0.2) is 8.78 Å². The van der Waals surface area contributed by atoms with E-state index in [2.05, 4.69) is 4.74 Å². The number of halogens is 2. The molecule has 0 radical (unpaired) electrons. The Balaban J connectivity index is 2.21. The highest BCUT2D eigenvalue weighted by Crippen LogP contribution is 2.14. The van der Waals surface area contributed by atoms with Gasteiger partial charge in [-0.15, -0.1) is 0 Å². The Morgan fingerprint density at radius 2 is 2.18 bits per heavy atom. The Kier molecular flexibility index (Phi) is 5.19. The van der Waals surface area contributed by atoms with Crippen molar-refractivity contribution in [3.8, 4) is 5.75 Å². The lowest BCUT2D eigenvalue weighted by molar-refractivity contribution is -0.148. The van der Waals surface area contributed by atoms with E-state index >= 15 is 0 Å². The second kappa shape index (κ2) is 6.67. The second-order valence-electron chi connectivity index (χ2n) is 3.25. The summed E-state index contributed by atoms with van der Waals surface area (Å²) in [6.45, 7) is -0.817. The maximum Gasteiger partial charge on any atom is 0.309 e. The summed E-state index contributed by atoms with van der Waals surface area (Å²) in [5, 5.41) is 0. The van der Waals surface area contributed by atoms with Crippen molar-refractivity contribution in [3.63, 3.8) is 0 Å². The van der Waals surface area contributed by atoms with Crippen LogP contribution in [0.15, 0.2) is 24.3 Å². The average Bonchev–Trinajstić information content (AvgIpc) is 2.26. The molecule has 0 atom stereocenters. The molecule has 0 heterocycles. The van der Waals surface area contributed by atoms with Gasteiger partial charge in [0.15, 0.2) is 6.61 Å². The molecule has 0 amide bonds. The van der Waals surface area contributed by atoms with Gasteiger partial charge < -0.3 is 15.2 Å². The maximum absolute atomic E-state index is 11.7. The first-order valence-corrected chi connectivity index (χ1v) is 5.00. The molecule has 0 fully saturated rings. The van der Waals surface area contributed by atoms with Crippen molar-refractivity contribution in [2.75, 3.05) is 18.9 Å². The number of carbonyl (C=O) groups is 1. The molecule has 1 rings (SSSR count). The van der Waals surface area contributed by atoms with Gasteiger partial charge >= 0.3 is 5.97 Å². The van der Waals surface area contributed by atoms with Crippen molar-refractivity contribution in [3.05, 3.63) is 24.3 Å². The van der Waals surface area contributed by atoms with Crippen LogP contribution in [0.5, 0.6) is 5.75 Å². The van der Waals surface area contributed by atoms with Gasteiger partial charge in [0.05, 0.1) is 13.0 Å². The molecule has 0 aliphatic rings. The quantitative estimate of drug-likeness (QED) is 0.613. The predicted molar refractivity (Wildman–Crippen MR) is 57.9 cm³/mol. The molecule has 2 N–H and O–H groups in total. The minimum absolute atomic E-state index is 0.0610. The topological polar surface area (TPSA) is 61.5 Å². The third-order valence-corrected chi connectivity index (χ3v) is 1.80. The van der Waals surface area contributed by atoms with E-state index in [-0.39, 0.29) is 13.0 Å². The standard InChI is InChI=1S/C11H13F2NO3/c12-10(13)7-17-11(15)4-5-16-9-3-1-2-8(14)6-9/h1-3,6,10H,4-5,7,14H2. The molecule has 6 heteroatoms. The maximum atomic E-state index is 11.7. The number of hydrogen-bond acceptors (Lipinski definition) is 4. The molecule has 0 saturated heterocycles. The van der Waals surface area contributed by atoms with E-state index in [9.17, 15) is 13.6 Å². The van der Waals surface area contributed by atoms with Crippen LogP contribution in [0.25, 0.3) is 0 Å². The highest BCUT2D eigenvalue weighted by atomic mass is 19.3. The van der Waals surface area contributed by atoms with Gasteiger partial charge in [0.25, 0.3) is 6.43 Å². The molecular weight excluding hydrogens is 232 g/mol. The summed E-state index contributed by atoms with van der Waals surface area (Å²) < 4.78 is 32.9. The first-order valence-electron chi connectivity index (χ1n) is 5.00. The fourth-order valence-corrected chi connectivity index (χ4v) is 1.08. The normalized spacial score (nSPS) is 10.3. The van der Waals surface area contributed by atoms with Gasteiger partial charge in [-0.1, -0.05) is 6.07 Å². The first kappa shape index (κ1) is 13.2. The summed E-state index contributed by atoms with van der Waals surface area (Å²) in [5.74, 6) is -0.194. The van der Waals surface area contributed by atoms with E-state index in [4.69, 9.17) is 10.5 Å². The molecule has 0 aromatic heterocycles. The largest absolute Gasteiger partial charge is 0.493 e. The van der Waals surface area contributed by atoms with Gasteiger partial charge in [0.1, 0.15) is 5.75 Å². The van der Waals surface area contributed by atoms with Crippen molar-refractivity contribution in [2.45, 2.75) is 12.8 Å². The lowest BCUT2D eigenvalue weighted by Gasteiger charge is -2.07. The van der Waals surface area contributed by atoms with Crippen molar-refractivity contribution in [1.29, 1.82) is 0 Å². The molecule has 94 valence electrons. The van der Waals surface area contributed by atoms with E-state index in [1.807, 2.05) is 0 Å². The molecule has 1 aromatic rings. The van der Waals surface area contributed by atoms with Crippen LogP contribution in [0.2, 0.25) is 0 Å². The Bertz CT molecular complexity index is 371. The molecule has 1 aromatic carbocycles. The Morgan fingerprint density at radius 1 is 1.41 bits per heavy atom. The molecule has 0 bridgehead atoms.